The molecule has 0 saturated carbocycles. The van der Waals surface area contributed by atoms with Crippen molar-refractivity contribution in [3.05, 3.63) is 102 Å². The van der Waals surface area contributed by atoms with E-state index < -0.39 is 17.4 Å². The molecule has 2 saturated heterocycles. The number of hydrogen-bond acceptors (Lipinski definition) is 4. The first-order valence-electron chi connectivity index (χ1n) is 12.7. The molecule has 3 aromatic carbocycles. The Hall–Kier alpha value is -4.23. The molecule has 7 rings (SSSR count). The Morgan fingerprint density at radius 1 is 0.838 bits per heavy atom. The van der Waals surface area contributed by atoms with Crippen molar-refractivity contribution in [2.75, 3.05) is 11.9 Å². The lowest BCUT2D eigenvalue weighted by Gasteiger charge is -2.29. The predicted octanol–water partition coefficient (Wildman–Crippen LogP) is 3.37. The van der Waals surface area contributed by atoms with Gasteiger partial charge in [0.1, 0.15) is 5.54 Å². The molecule has 3 aliphatic heterocycles. The third kappa shape index (κ3) is 3.13. The largest absolute Gasteiger partial charge is 0.361 e. The number of fused-ring (bicyclic) bond motifs is 5. The van der Waals surface area contributed by atoms with Crippen LogP contribution >= 0.6 is 0 Å². The van der Waals surface area contributed by atoms with Gasteiger partial charge in [0.05, 0.1) is 11.8 Å². The van der Waals surface area contributed by atoms with Gasteiger partial charge < -0.3 is 10.3 Å². The molecule has 4 atom stereocenters. The van der Waals surface area contributed by atoms with Crippen LogP contribution < -0.4 is 10.6 Å². The molecule has 1 aromatic heterocycles. The van der Waals surface area contributed by atoms with Crippen LogP contribution in [0, 0.1) is 11.8 Å². The summed E-state index contributed by atoms with van der Waals surface area (Å²) in [7, 11) is 0. The Morgan fingerprint density at radius 3 is 2.46 bits per heavy atom. The van der Waals surface area contributed by atoms with Crippen molar-refractivity contribution in [2.45, 2.75) is 24.4 Å². The summed E-state index contributed by atoms with van der Waals surface area (Å²) in [6.45, 7) is 0.299. The molecule has 37 heavy (non-hydrogen) atoms. The zero-order valence-electron chi connectivity index (χ0n) is 20.1. The molecule has 3 aliphatic rings. The topological polar surface area (TPSA) is 94.3 Å². The van der Waals surface area contributed by atoms with Gasteiger partial charge in [-0.3, -0.25) is 24.6 Å². The van der Waals surface area contributed by atoms with E-state index in [0.29, 0.717) is 25.1 Å². The van der Waals surface area contributed by atoms with Crippen molar-refractivity contribution in [3.8, 4) is 0 Å². The number of benzene rings is 3. The molecule has 4 heterocycles. The number of H-pyrrole nitrogens is 1. The molecule has 0 radical (unpaired) electrons. The average molecular weight is 491 g/mol. The number of rotatable bonds is 5. The summed E-state index contributed by atoms with van der Waals surface area (Å²) < 4.78 is 0. The zero-order chi connectivity index (χ0) is 25.1. The van der Waals surface area contributed by atoms with Crippen LogP contribution in [0.1, 0.15) is 16.7 Å². The van der Waals surface area contributed by atoms with Gasteiger partial charge in [-0.15, -0.1) is 0 Å². The van der Waals surface area contributed by atoms with Gasteiger partial charge in [-0.2, -0.15) is 0 Å². The molecule has 3 N–H and O–H groups in total. The van der Waals surface area contributed by atoms with Gasteiger partial charge in [-0.25, -0.2) is 0 Å². The minimum absolute atomic E-state index is 0.197. The number of nitrogens with one attached hydrogen (secondary N) is 3. The maximum Gasteiger partial charge on any atom is 0.250 e. The van der Waals surface area contributed by atoms with E-state index in [1.165, 1.54) is 4.90 Å². The number of hydrogen-bond donors (Lipinski definition) is 3. The predicted molar refractivity (Wildman–Crippen MR) is 140 cm³/mol. The van der Waals surface area contributed by atoms with Crippen LogP contribution in [-0.2, 0) is 32.8 Å². The van der Waals surface area contributed by atoms with Crippen LogP contribution in [0.4, 0.5) is 5.69 Å². The minimum Gasteiger partial charge on any atom is -0.361 e. The summed E-state index contributed by atoms with van der Waals surface area (Å²) in [5, 5.41) is 7.59. The molecule has 0 unspecified atom stereocenters. The lowest BCUT2D eigenvalue weighted by Crippen LogP contribution is -2.53. The quantitative estimate of drug-likeness (QED) is 0.374. The number of aromatic nitrogens is 1. The lowest BCUT2D eigenvalue weighted by atomic mass is 9.76. The molecule has 0 bridgehead atoms. The van der Waals surface area contributed by atoms with Gasteiger partial charge >= 0.3 is 0 Å². The normalized spacial score (nSPS) is 26.2. The molecule has 7 nitrogen and oxygen atoms in total. The monoisotopic (exact) mass is 490 g/mol. The second-order valence-electron chi connectivity index (χ2n) is 10.2. The van der Waals surface area contributed by atoms with E-state index >= 15 is 0 Å². The highest BCUT2D eigenvalue weighted by Gasteiger charge is 2.70. The number of aromatic amines is 1. The van der Waals surface area contributed by atoms with E-state index in [1.54, 1.807) is 0 Å². The smallest absolute Gasteiger partial charge is 0.250 e. The SMILES string of the molecule is O=C1[C@@H]2[C@H](Cc3c[nH]c4ccccc34)N[C@@]3(C(=O)Nc4ccccc43)[C@@H]2C(=O)N1CCc1ccccc1. The van der Waals surface area contributed by atoms with Crippen LogP contribution in [-0.4, -0.2) is 40.2 Å². The number of para-hydroxylation sites is 2. The van der Waals surface area contributed by atoms with Gasteiger partial charge in [0.2, 0.25) is 17.7 Å². The maximum atomic E-state index is 14.0. The van der Waals surface area contributed by atoms with E-state index in [0.717, 1.165) is 27.6 Å². The second kappa shape index (κ2) is 8.15. The first kappa shape index (κ1) is 22.0. The van der Waals surface area contributed by atoms with Crippen LogP contribution in [0.25, 0.3) is 10.9 Å². The molecular weight excluding hydrogens is 464 g/mol. The third-order valence-electron chi connectivity index (χ3n) is 8.30. The molecule has 184 valence electrons. The number of imide groups is 1. The lowest BCUT2D eigenvalue weighted by molar-refractivity contribution is -0.142. The standard InChI is InChI=1S/C30H26N4O3/c35-27-25-24(16-19-17-31-22-12-6-4-10-20(19)22)33-30(21-11-5-7-13-23(21)32-29(30)37)26(25)28(36)34(27)15-14-18-8-2-1-3-9-18/h1-13,17,24-26,31,33H,14-16H2,(H,32,37)/t24-,25+,26-,30+/m0/s1. The molecule has 1 spiro atoms. The molecule has 2 fully saturated rings. The summed E-state index contributed by atoms with van der Waals surface area (Å²) in [4.78, 5) is 46.2. The fraction of sp³-hybridized carbons (Fsp3) is 0.233. The molecule has 0 aliphatic carbocycles. The molecule has 7 heteroatoms. The van der Waals surface area contributed by atoms with Crippen molar-refractivity contribution in [1.82, 2.24) is 15.2 Å². The Morgan fingerprint density at radius 2 is 1.59 bits per heavy atom. The van der Waals surface area contributed by atoms with Gasteiger partial charge in [0.15, 0.2) is 0 Å². The molecule has 4 aromatic rings. The number of anilines is 1. The van der Waals surface area contributed by atoms with Crippen molar-refractivity contribution in [3.63, 3.8) is 0 Å². The highest BCUT2D eigenvalue weighted by Crippen LogP contribution is 2.53. The number of likely N-dealkylation sites (tertiary alicyclic amines) is 1. The highest BCUT2D eigenvalue weighted by molar-refractivity contribution is 6.15. The summed E-state index contributed by atoms with van der Waals surface area (Å²) in [6.07, 6.45) is 3.06. The number of carbonyl (C=O) groups excluding carboxylic acids is 3. The fourth-order valence-electron chi connectivity index (χ4n) is 6.64. The number of nitrogens with zero attached hydrogens (tertiary/aromatic N) is 1. The third-order valence-corrected chi connectivity index (χ3v) is 8.30. The van der Waals surface area contributed by atoms with E-state index in [4.69, 9.17) is 0 Å². The Bertz CT molecular complexity index is 1560. The fourth-order valence-corrected chi connectivity index (χ4v) is 6.64. The van der Waals surface area contributed by atoms with Crippen LogP contribution in [0.15, 0.2) is 85.1 Å². The van der Waals surface area contributed by atoms with Gasteiger partial charge in [0, 0.05) is 40.9 Å². The molecule has 3 amide bonds. The maximum absolute atomic E-state index is 14.0. The second-order valence-corrected chi connectivity index (χ2v) is 10.2. The Kier molecular flexibility index (Phi) is 4.84. The number of amides is 3. The van der Waals surface area contributed by atoms with E-state index in [-0.39, 0.29) is 23.8 Å². The van der Waals surface area contributed by atoms with Crippen LogP contribution in [0.2, 0.25) is 0 Å². The highest BCUT2D eigenvalue weighted by atomic mass is 16.2. The zero-order valence-corrected chi connectivity index (χ0v) is 20.1. The Labute approximate surface area is 213 Å². The van der Waals surface area contributed by atoms with Gasteiger partial charge in [-0.1, -0.05) is 66.7 Å². The first-order chi connectivity index (χ1) is 18.1. The van der Waals surface area contributed by atoms with Gasteiger partial charge in [0.25, 0.3) is 0 Å². The summed E-state index contributed by atoms with van der Waals surface area (Å²) >= 11 is 0. The molecular formula is C30H26N4O3. The van der Waals surface area contributed by atoms with Crippen LogP contribution in [0.5, 0.6) is 0 Å². The average Bonchev–Trinajstić information content (AvgIpc) is 3.63. The van der Waals surface area contributed by atoms with E-state index in [2.05, 4.69) is 21.7 Å². The van der Waals surface area contributed by atoms with Gasteiger partial charge in [-0.05, 0) is 36.1 Å². The van der Waals surface area contributed by atoms with E-state index in [9.17, 15) is 14.4 Å². The van der Waals surface area contributed by atoms with Crippen molar-refractivity contribution in [1.29, 1.82) is 0 Å². The summed E-state index contributed by atoms with van der Waals surface area (Å²) in [5.41, 5.74) is 3.29. The van der Waals surface area contributed by atoms with Crippen molar-refractivity contribution >= 4 is 34.3 Å². The van der Waals surface area contributed by atoms with E-state index in [1.807, 2.05) is 79.0 Å². The van der Waals surface area contributed by atoms with Crippen LogP contribution in [0.3, 0.4) is 0 Å². The summed E-state index contributed by atoms with van der Waals surface area (Å²) in [6, 6.07) is 25.0. The Balaban J connectivity index is 1.29. The first-order valence-corrected chi connectivity index (χ1v) is 12.7. The van der Waals surface area contributed by atoms with Crippen molar-refractivity contribution in [2.24, 2.45) is 11.8 Å². The minimum atomic E-state index is -1.27. The van der Waals surface area contributed by atoms with Crippen molar-refractivity contribution < 1.29 is 14.4 Å². The summed E-state index contributed by atoms with van der Waals surface area (Å²) in [5.74, 6) is -2.16. The number of carbonyl (C=O) groups is 3.